The van der Waals surface area contributed by atoms with Crippen molar-refractivity contribution in [3.8, 4) is 0 Å². The lowest BCUT2D eigenvalue weighted by atomic mass is 10.0. The fourth-order valence-corrected chi connectivity index (χ4v) is 1.77. The summed E-state index contributed by atoms with van der Waals surface area (Å²) in [5, 5.41) is 0. The number of rotatable bonds is 3. The van der Waals surface area contributed by atoms with Crippen LogP contribution in [0.1, 0.15) is 65.5 Å². The lowest BCUT2D eigenvalue weighted by Crippen LogP contribution is -1.83. The largest absolute Gasteiger partial charge is 0.0776 e. The minimum atomic E-state index is 0. The van der Waals surface area contributed by atoms with Gasteiger partial charge < -0.3 is 0 Å². The van der Waals surface area contributed by atoms with Crippen molar-refractivity contribution in [1.82, 2.24) is 0 Å². The summed E-state index contributed by atoms with van der Waals surface area (Å²) in [4.78, 5) is 0. The fourth-order valence-electron chi connectivity index (χ4n) is 1.77. The standard InChI is InChI=1S/2C9H12.C2H6.CH4/c1-8(2)9-6-4-3-5-7-9;1-2-6-9-7-4-3-5-8-9;1-2;/h3-8H,1-2H3;3-5,7-8H,2,6H2,1H3;1-2H3;1H4. The molecule has 0 amide bonds. The zero-order valence-electron chi connectivity index (χ0n) is 13.8. The van der Waals surface area contributed by atoms with Crippen LogP contribution >= 0.6 is 0 Å². The third-order valence-corrected chi connectivity index (χ3v) is 2.85. The van der Waals surface area contributed by atoms with Gasteiger partial charge in [0, 0.05) is 0 Å². The van der Waals surface area contributed by atoms with Crippen LogP contribution in [-0.2, 0) is 6.42 Å². The molecule has 0 saturated heterocycles. The van der Waals surface area contributed by atoms with E-state index in [0.29, 0.717) is 5.92 Å². The first kappa shape index (κ1) is 21.7. The minimum Gasteiger partial charge on any atom is -0.0776 e. The van der Waals surface area contributed by atoms with Gasteiger partial charge in [0.1, 0.15) is 0 Å². The van der Waals surface area contributed by atoms with Gasteiger partial charge in [0.2, 0.25) is 0 Å². The first-order chi connectivity index (χ1) is 9.74. The Morgan fingerprint density at radius 1 is 0.762 bits per heavy atom. The Kier molecular flexibility index (Phi) is 15.4. The van der Waals surface area contributed by atoms with Crippen LogP contribution in [0.3, 0.4) is 0 Å². The van der Waals surface area contributed by atoms with Crippen LogP contribution in [0.4, 0.5) is 0 Å². The van der Waals surface area contributed by atoms with Gasteiger partial charge in [-0.15, -0.1) is 0 Å². The summed E-state index contributed by atoms with van der Waals surface area (Å²) < 4.78 is 0. The van der Waals surface area contributed by atoms with Crippen molar-refractivity contribution in [1.29, 1.82) is 0 Å². The highest BCUT2D eigenvalue weighted by Gasteiger charge is 1.93. The molecule has 2 aromatic rings. The van der Waals surface area contributed by atoms with E-state index in [9.17, 15) is 0 Å². The molecule has 0 aromatic heterocycles. The van der Waals surface area contributed by atoms with E-state index in [4.69, 9.17) is 0 Å². The lowest BCUT2D eigenvalue weighted by Gasteiger charge is -2.01. The van der Waals surface area contributed by atoms with Crippen LogP contribution in [-0.4, -0.2) is 0 Å². The molecular formula is C21H34. The molecule has 2 aromatic carbocycles. The Balaban J connectivity index is 0. The summed E-state index contributed by atoms with van der Waals surface area (Å²) in [5.74, 6) is 0.659. The Morgan fingerprint density at radius 3 is 1.52 bits per heavy atom. The molecule has 0 spiro atoms. The number of hydrogen-bond acceptors (Lipinski definition) is 0. The molecule has 0 heteroatoms. The van der Waals surface area contributed by atoms with E-state index in [-0.39, 0.29) is 7.43 Å². The highest BCUT2D eigenvalue weighted by atomic mass is 14.0. The molecule has 0 radical (unpaired) electrons. The van der Waals surface area contributed by atoms with E-state index < -0.39 is 0 Å². The van der Waals surface area contributed by atoms with Crippen LogP contribution in [0, 0.1) is 0 Å². The minimum absolute atomic E-state index is 0. The Morgan fingerprint density at radius 2 is 1.19 bits per heavy atom. The third-order valence-electron chi connectivity index (χ3n) is 2.85. The predicted octanol–water partition coefficient (Wildman–Crippen LogP) is 7.11. The van der Waals surface area contributed by atoms with Gasteiger partial charge in [0.15, 0.2) is 0 Å². The molecule has 0 nitrogen and oxygen atoms in total. The molecular weight excluding hydrogens is 252 g/mol. The van der Waals surface area contributed by atoms with Crippen molar-refractivity contribution < 1.29 is 0 Å². The van der Waals surface area contributed by atoms with Crippen LogP contribution in [0.15, 0.2) is 60.7 Å². The highest BCUT2D eigenvalue weighted by molar-refractivity contribution is 5.17. The molecule has 0 heterocycles. The van der Waals surface area contributed by atoms with E-state index in [0.717, 1.165) is 0 Å². The number of benzene rings is 2. The zero-order chi connectivity index (χ0) is 15.2. The number of hydrogen-bond donors (Lipinski definition) is 0. The average Bonchev–Trinajstić information content (AvgIpc) is 2.52. The predicted molar refractivity (Wildman–Crippen MR) is 99.0 cm³/mol. The van der Waals surface area contributed by atoms with Crippen molar-refractivity contribution in [2.45, 2.75) is 60.8 Å². The van der Waals surface area contributed by atoms with Gasteiger partial charge in [-0.05, 0) is 23.5 Å². The van der Waals surface area contributed by atoms with Gasteiger partial charge in [-0.25, -0.2) is 0 Å². The summed E-state index contributed by atoms with van der Waals surface area (Å²) in [6, 6.07) is 21.1. The molecule has 0 unspecified atom stereocenters. The van der Waals surface area contributed by atoms with Crippen LogP contribution in [0.25, 0.3) is 0 Å². The summed E-state index contributed by atoms with van der Waals surface area (Å²) in [6.45, 7) is 10.6. The van der Waals surface area contributed by atoms with Crippen LogP contribution < -0.4 is 0 Å². The molecule has 0 atom stereocenters. The topological polar surface area (TPSA) is 0 Å². The van der Waals surface area contributed by atoms with E-state index in [1.165, 1.54) is 24.0 Å². The molecule has 0 fully saturated rings. The Bertz CT molecular complexity index is 401. The van der Waals surface area contributed by atoms with Gasteiger partial charge in [0.05, 0.1) is 0 Å². The van der Waals surface area contributed by atoms with Gasteiger partial charge >= 0.3 is 0 Å². The van der Waals surface area contributed by atoms with Crippen molar-refractivity contribution in [3.05, 3.63) is 71.8 Å². The Labute approximate surface area is 133 Å². The summed E-state index contributed by atoms with van der Waals surface area (Å²) in [6.07, 6.45) is 2.45. The normalized spacial score (nSPS) is 8.67. The van der Waals surface area contributed by atoms with Crippen molar-refractivity contribution in [2.75, 3.05) is 0 Å². The molecule has 0 bridgehead atoms. The summed E-state index contributed by atoms with van der Waals surface area (Å²) >= 11 is 0. The molecule has 0 N–H and O–H groups in total. The lowest BCUT2D eigenvalue weighted by molar-refractivity contribution is 0.867. The van der Waals surface area contributed by atoms with Crippen LogP contribution in [0.5, 0.6) is 0 Å². The second-order valence-corrected chi connectivity index (χ2v) is 4.80. The van der Waals surface area contributed by atoms with Crippen molar-refractivity contribution >= 4 is 0 Å². The highest BCUT2D eigenvalue weighted by Crippen LogP contribution is 2.11. The van der Waals surface area contributed by atoms with E-state index in [1.807, 2.05) is 19.9 Å². The van der Waals surface area contributed by atoms with Gasteiger partial charge in [0.25, 0.3) is 0 Å². The third kappa shape index (κ3) is 10.8. The van der Waals surface area contributed by atoms with Crippen molar-refractivity contribution in [3.63, 3.8) is 0 Å². The molecule has 2 rings (SSSR count). The average molecular weight is 287 g/mol. The fraction of sp³-hybridized carbons (Fsp3) is 0.429. The van der Waals surface area contributed by atoms with Gasteiger partial charge in [-0.2, -0.15) is 0 Å². The van der Waals surface area contributed by atoms with E-state index in [1.54, 1.807) is 0 Å². The molecule has 0 aliphatic carbocycles. The quantitative estimate of drug-likeness (QED) is 0.564. The maximum absolute atomic E-state index is 2.20. The maximum Gasteiger partial charge on any atom is -0.0219 e. The second kappa shape index (κ2) is 14.8. The second-order valence-electron chi connectivity index (χ2n) is 4.80. The van der Waals surface area contributed by atoms with E-state index >= 15 is 0 Å². The van der Waals surface area contributed by atoms with Crippen LogP contribution in [0.2, 0.25) is 0 Å². The molecule has 0 aliphatic heterocycles. The summed E-state index contributed by atoms with van der Waals surface area (Å²) in [7, 11) is 0. The first-order valence-corrected chi connectivity index (χ1v) is 7.83. The van der Waals surface area contributed by atoms with Gasteiger partial charge in [-0.1, -0.05) is 109 Å². The Hall–Kier alpha value is -1.56. The molecule has 118 valence electrons. The molecule has 0 aliphatic rings. The number of aryl methyl sites for hydroxylation is 1. The maximum atomic E-state index is 2.20. The monoisotopic (exact) mass is 286 g/mol. The molecule has 21 heavy (non-hydrogen) atoms. The zero-order valence-corrected chi connectivity index (χ0v) is 13.8. The van der Waals surface area contributed by atoms with Gasteiger partial charge in [-0.3, -0.25) is 0 Å². The first-order valence-electron chi connectivity index (χ1n) is 7.83. The smallest absolute Gasteiger partial charge is 0.0219 e. The van der Waals surface area contributed by atoms with Crippen molar-refractivity contribution in [2.24, 2.45) is 0 Å². The molecule has 0 saturated carbocycles. The van der Waals surface area contributed by atoms with E-state index in [2.05, 4.69) is 75.4 Å². The SMILES string of the molecule is C.CC.CC(C)c1ccccc1.CCCc1ccccc1. The summed E-state index contributed by atoms with van der Waals surface area (Å²) in [5.41, 5.74) is 2.86.